The number of hydrogen-bond acceptors (Lipinski definition) is 4. The molecule has 0 aromatic carbocycles. The van der Waals surface area contributed by atoms with Crippen LogP contribution in [0.3, 0.4) is 0 Å². The Hall–Kier alpha value is 0.0569. The molecule has 0 aromatic rings. The Morgan fingerprint density at radius 1 is 1.15 bits per heavy atom. The van der Waals surface area contributed by atoms with Gasteiger partial charge in [-0.25, -0.2) is 0 Å². The average molecular weight is 305 g/mol. The van der Waals surface area contributed by atoms with Crippen molar-refractivity contribution in [2.75, 3.05) is 26.9 Å². The van der Waals surface area contributed by atoms with Crippen molar-refractivity contribution >= 4 is 8.32 Å². The zero-order valence-electron chi connectivity index (χ0n) is 14.0. The van der Waals surface area contributed by atoms with Crippen molar-refractivity contribution < 1.29 is 18.6 Å². The summed E-state index contributed by atoms with van der Waals surface area (Å²) in [5.41, 5.74) is 1.15. The van der Waals surface area contributed by atoms with Crippen LogP contribution in [-0.4, -0.2) is 47.6 Å². The van der Waals surface area contributed by atoms with Crippen molar-refractivity contribution in [2.45, 2.75) is 70.6 Å². The van der Waals surface area contributed by atoms with Gasteiger partial charge in [0.25, 0.3) is 0 Å². The van der Waals surface area contributed by atoms with E-state index in [1.165, 1.54) is 0 Å². The van der Waals surface area contributed by atoms with Gasteiger partial charge in [-0.3, -0.25) is 0 Å². The molecule has 5 heteroatoms. The number of epoxide rings is 1. The lowest BCUT2D eigenvalue weighted by molar-refractivity contribution is -0.0494. The Kier molecular flexibility index (Phi) is 7.68. The van der Waals surface area contributed by atoms with E-state index in [9.17, 15) is 0 Å². The van der Waals surface area contributed by atoms with E-state index >= 15 is 0 Å². The number of rotatable bonds is 11. The highest BCUT2D eigenvalue weighted by atomic mass is 28.4. The topological polar surface area (TPSA) is 40.2 Å². The molecule has 1 aliphatic rings. The fourth-order valence-corrected chi connectivity index (χ4v) is 7.32. The number of hydrogen-bond donors (Lipinski definition) is 0. The monoisotopic (exact) mass is 304 g/mol. The molecule has 0 spiro atoms. The molecular formula is C15H32O4Si. The summed E-state index contributed by atoms with van der Waals surface area (Å²) < 4.78 is 22.5. The van der Waals surface area contributed by atoms with Crippen molar-refractivity contribution in [3.8, 4) is 0 Å². The zero-order chi connectivity index (χ0) is 15.2. The maximum Gasteiger partial charge on any atom is 0.201 e. The molecule has 0 aromatic heterocycles. The van der Waals surface area contributed by atoms with E-state index in [-0.39, 0.29) is 6.29 Å². The first-order valence-corrected chi connectivity index (χ1v) is 10.1. The van der Waals surface area contributed by atoms with E-state index in [0.717, 1.165) is 32.3 Å². The van der Waals surface area contributed by atoms with Gasteiger partial charge in [-0.2, -0.15) is 0 Å². The predicted octanol–water partition coefficient (Wildman–Crippen LogP) is 3.57. The molecule has 1 aliphatic heterocycles. The highest BCUT2D eigenvalue weighted by Gasteiger charge is 2.42. The highest BCUT2D eigenvalue weighted by Crippen LogP contribution is 2.38. The standard InChI is InChI=1S/C15H32O4Si/c1-12(2)20(13(3)4,19-14(5)16-6)9-7-8-17-10-15-11-18-15/h12-15H,7-11H2,1-6H3. The van der Waals surface area contributed by atoms with Gasteiger partial charge in [-0.15, -0.1) is 0 Å². The summed E-state index contributed by atoms with van der Waals surface area (Å²) in [5.74, 6) is 0. The minimum Gasteiger partial charge on any atom is -0.392 e. The molecular weight excluding hydrogens is 272 g/mol. The quantitative estimate of drug-likeness (QED) is 0.253. The Balaban J connectivity index is 2.46. The first-order valence-electron chi connectivity index (χ1n) is 7.82. The number of methoxy groups -OCH3 is 1. The lowest BCUT2D eigenvalue weighted by atomic mass is 10.5. The zero-order valence-corrected chi connectivity index (χ0v) is 15.0. The lowest BCUT2D eigenvalue weighted by Gasteiger charge is -2.40. The second kappa shape index (κ2) is 8.49. The lowest BCUT2D eigenvalue weighted by Crippen LogP contribution is -2.47. The van der Waals surface area contributed by atoms with Crippen molar-refractivity contribution in [1.29, 1.82) is 0 Å². The van der Waals surface area contributed by atoms with E-state index in [2.05, 4.69) is 27.7 Å². The van der Waals surface area contributed by atoms with Crippen LogP contribution in [0.1, 0.15) is 41.0 Å². The van der Waals surface area contributed by atoms with Gasteiger partial charge >= 0.3 is 0 Å². The third-order valence-electron chi connectivity index (χ3n) is 4.23. The SMILES string of the molecule is COC(C)O[Si](CCCOCC1CO1)(C(C)C)C(C)C. The molecule has 0 saturated carbocycles. The second-order valence-electron chi connectivity index (χ2n) is 6.32. The van der Waals surface area contributed by atoms with Crippen LogP contribution in [0.2, 0.25) is 17.1 Å². The summed E-state index contributed by atoms with van der Waals surface area (Å²) in [5, 5.41) is 0. The molecule has 2 unspecified atom stereocenters. The first kappa shape index (κ1) is 18.1. The van der Waals surface area contributed by atoms with E-state index in [4.69, 9.17) is 18.6 Å². The predicted molar refractivity (Wildman–Crippen MR) is 83.5 cm³/mol. The molecule has 0 aliphatic carbocycles. The van der Waals surface area contributed by atoms with E-state index < -0.39 is 8.32 Å². The van der Waals surface area contributed by atoms with E-state index in [0.29, 0.717) is 17.2 Å². The molecule has 1 heterocycles. The van der Waals surface area contributed by atoms with Gasteiger partial charge < -0.3 is 18.6 Å². The van der Waals surface area contributed by atoms with Crippen LogP contribution in [0.4, 0.5) is 0 Å². The summed E-state index contributed by atoms with van der Waals surface area (Å²) in [6.45, 7) is 13.5. The number of ether oxygens (including phenoxy) is 3. The molecule has 1 fully saturated rings. The molecule has 0 radical (unpaired) electrons. The van der Waals surface area contributed by atoms with Crippen LogP contribution < -0.4 is 0 Å². The van der Waals surface area contributed by atoms with Gasteiger partial charge in [0.2, 0.25) is 8.32 Å². The fourth-order valence-electron chi connectivity index (χ4n) is 2.76. The third-order valence-corrected chi connectivity index (χ3v) is 10.0. The molecule has 0 N–H and O–H groups in total. The van der Waals surface area contributed by atoms with Gasteiger partial charge in [0, 0.05) is 13.7 Å². The van der Waals surface area contributed by atoms with Crippen molar-refractivity contribution in [3.63, 3.8) is 0 Å². The molecule has 0 bridgehead atoms. The van der Waals surface area contributed by atoms with Gasteiger partial charge in [-0.05, 0) is 30.5 Å². The van der Waals surface area contributed by atoms with Gasteiger partial charge in [0.05, 0.1) is 13.2 Å². The van der Waals surface area contributed by atoms with Crippen LogP contribution in [0.25, 0.3) is 0 Å². The molecule has 120 valence electrons. The minimum absolute atomic E-state index is 0.118. The smallest absolute Gasteiger partial charge is 0.201 e. The van der Waals surface area contributed by atoms with Crippen LogP contribution in [0.5, 0.6) is 0 Å². The van der Waals surface area contributed by atoms with Gasteiger partial charge in [0.1, 0.15) is 12.4 Å². The summed E-state index contributed by atoms with van der Waals surface area (Å²) in [6, 6.07) is 1.13. The first-order chi connectivity index (χ1) is 9.42. The van der Waals surface area contributed by atoms with Crippen molar-refractivity contribution in [2.24, 2.45) is 0 Å². The molecule has 2 atom stereocenters. The Labute approximate surface area is 125 Å². The van der Waals surface area contributed by atoms with Crippen LogP contribution >= 0.6 is 0 Å². The van der Waals surface area contributed by atoms with Gasteiger partial charge in [0.15, 0.2) is 0 Å². The normalized spacial score (nSPS) is 20.7. The molecule has 4 nitrogen and oxygen atoms in total. The molecule has 0 amide bonds. The third kappa shape index (κ3) is 5.45. The van der Waals surface area contributed by atoms with E-state index in [1.807, 2.05) is 6.92 Å². The van der Waals surface area contributed by atoms with Crippen LogP contribution in [0, 0.1) is 0 Å². The van der Waals surface area contributed by atoms with E-state index in [1.54, 1.807) is 7.11 Å². The maximum atomic E-state index is 6.39. The van der Waals surface area contributed by atoms with Crippen molar-refractivity contribution in [1.82, 2.24) is 0 Å². The fraction of sp³-hybridized carbons (Fsp3) is 1.00. The molecule has 1 rings (SSSR count). The van der Waals surface area contributed by atoms with Crippen LogP contribution in [-0.2, 0) is 18.6 Å². The minimum atomic E-state index is -1.83. The summed E-state index contributed by atoms with van der Waals surface area (Å²) in [4.78, 5) is 0. The molecule has 1 saturated heterocycles. The Bertz CT molecular complexity index is 259. The second-order valence-corrected chi connectivity index (χ2v) is 11.3. The summed E-state index contributed by atoms with van der Waals surface area (Å²) >= 11 is 0. The largest absolute Gasteiger partial charge is 0.392 e. The average Bonchev–Trinajstić information content (AvgIpc) is 3.20. The molecule has 20 heavy (non-hydrogen) atoms. The van der Waals surface area contributed by atoms with Crippen LogP contribution in [0.15, 0.2) is 0 Å². The highest BCUT2D eigenvalue weighted by molar-refractivity contribution is 6.76. The summed E-state index contributed by atoms with van der Waals surface area (Å²) in [7, 11) is -0.121. The summed E-state index contributed by atoms with van der Waals surface area (Å²) in [6.07, 6.45) is 1.30. The Morgan fingerprint density at radius 2 is 1.75 bits per heavy atom. The van der Waals surface area contributed by atoms with Crippen molar-refractivity contribution in [3.05, 3.63) is 0 Å². The Morgan fingerprint density at radius 3 is 2.20 bits per heavy atom. The van der Waals surface area contributed by atoms with Gasteiger partial charge in [-0.1, -0.05) is 27.7 Å². The maximum absolute atomic E-state index is 6.39.